The highest BCUT2D eigenvalue weighted by molar-refractivity contribution is 6.46. The number of benzene rings is 2. The van der Waals surface area contributed by atoms with Gasteiger partial charge in [-0.05, 0) is 44.4 Å². The number of rotatable bonds is 5. The Morgan fingerprint density at radius 3 is 2.32 bits per heavy atom. The maximum Gasteiger partial charge on any atom is 0.295 e. The van der Waals surface area contributed by atoms with Crippen LogP contribution in [0.3, 0.4) is 0 Å². The summed E-state index contributed by atoms with van der Waals surface area (Å²) in [5, 5.41) is 10.7. The summed E-state index contributed by atoms with van der Waals surface area (Å²) >= 11 is 0. The second-order valence-corrected chi connectivity index (χ2v) is 6.82. The second kappa shape index (κ2) is 7.90. The van der Waals surface area contributed by atoms with Crippen LogP contribution < -0.4 is 0 Å². The fourth-order valence-electron chi connectivity index (χ4n) is 3.20. The summed E-state index contributed by atoms with van der Waals surface area (Å²) in [5.41, 5.74) is 0.0814. The molecule has 3 rings (SSSR count). The number of Topliss-reactive ketones (excluding diaryl/α,β-unsaturated/α-hetero) is 1. The van der Waals surface area contributed by atoms with Gasteiger partial charge >= 0.3 is 0 Å². The number of ketones is 1. The molecule has 0 radical (unpaired) electrons. The van der Waals surface area contributed by atoms with Crippen LogP contribution in [0.2, 0.25) is 0 Å². The van der Waals surface area contributed by atoms with Crippen LogP contribution in [0.4, 0.5) is 8.78 Å². The monoisotopic (exact) mass is 386 g/mol. The van der Waals surface area contributed by atoms with Gasteiger partial charge < -0.3 is 14.9 Å². The predicted molar refractivity (Wildman–Crippen MR) is 100 cm³/mol. The van der Waals surface area contributed by atoms with E-state index in [0.29, 0.717) is 6.54 Å². The van der Waals surface area contributed by atoms with Crippen LogP contribution in [-0.2, 0) is 9.59 Å². The first-order valence-electron chi connectivity index (χ1n) is 8.74. The third-order valence-corrected chi connectivity index (χ3v) is 4.65. The molecule has 1 amide bonds. The molecule has 146 valence electrons. The molecule has 0 aliphatic carbocycles. The minimum Gasteiger partial charge on any atom is -0.507 e. The van der Waals surface area contributed by atoms with Gasteiger partial charge in [-0.1, -0.05) is 18.2 Å². The SMILES string of the molecule is CN(C)CCN1C(=O)C(=O)/C(=C(\O)c2ccc(F)cc2)C1c1ccccc1F. The molecule has 1 aliphatic heterocycles. The highest BCUT2D eigenvalue weighted by Crippen LogP contribution is 2.40. The van der Waals surface area contributed by atoms with Crippen molar-refractivity contribution >= 4 is 17.4 Å². The zero-order chi connectivity index (χ0) is 20.4. The fraction of sp³-hybridized carbons (Fsp3) is 0.238. The van der Waals surface area contributed by atoms with Crippen LogP contribution >= 0.6 is 0 Å². The number of hydrogen-bond acceptors (Lipinski definition) is 4. The van der Waals surface area contributed by atoms with E-state index in [1.807, 2.05) is 19.0 Å². The Morgan fingerprint density at radius 2 is 1.71 bits per heavy atom. The Kier molecular flexibility index (Phi) is 5.56. The van der Waals surface area contributed by atoms with Crippen LogP contribution in [0.15, 0.2) is 54.1 Å². The van der Waals surface area contributed by atoms with Gasteiger partial charge in [-0.2, -0.15) is 0 Å². The number of halogens is 2. The third kappa shape index (κ3) is 3.66. The number of aliphatic hydroxyl groups is 1. The average molecular weight is 386 g/mol. The lowest BCUT2D eigenvalue weighted by molar-refractivity contribution is -0.140. The number of nitrogens with zero attached hydrogens (tertiary/aromatic N) is 2. The summed E-state index contributed by atoms with van der Waals surface area (Å²) in [6, 6.07) is 9.63. The average Bonchev–Trinajstić information content (AvgIpc) is 2.91. The molecule has 1 N–H and O–H groups in total. The molecule has 1 atom stereocenters. The minimum absolute atomic E-state index is 0.115. The van der Waals surface area contributed by atoms with E-state index in [1.54, 1.807) is 6.07 Å². The van der Waals surface area contributed by atoms with E-state index >= 15 is 0 Å². The topological polar surface area (TPSA) is 60.9 Å². The van der Waals surface area contributed by atoms with Gasteiger partial charge in [-0.3, -0.25) is 9.59 Å². The molecule has 1 aliphatic rings. The lowest BCUT2D eigenvalue weighted by atomic mass is 9.95. The van der Waals surface area contributed by atoms with E-state index in [9.17, 15) is 23.5 Å². The number of carbonyl (C=O) groups is 2. The van der Waals surface area contributed by atoms with Crippen molar-refractivity contribution in [3.05, 3.63) is 76.9 Å². The van der Waals surface area contributed by atoms with Gasteiger partial charge in [0.1, 0.15) is 17.4 Å². The van der Waals surface area contributed by atoms with Crippen molar-refractivity contribution in [1.82, 2.24) is 9.80 Å². The summed E-state index contributed by atoms with van der Waals surface area (Å²) in [6.45, 7) is 0.630. The highest BCUT2D eigenvalue weighted by Gasteiger charge is 2.46. The molecule has 5 nitrogen and oxygen atoms in total. The summed E-state index contributed by atoms with van der Waals surface area (Å²) in [7, 11) is 3.63. The van der Waals surface area contributed by atoms with Gasteiger partial charge in [0.2, 0.25) is 0 Å². The number of amides is 1. The molecule has 0 bridgehead atoms. The summed E-state index contributed by atoms with van der Waals surface area (Å²) in [6.07, 6.45) is 0. The number of hydrogen-bond donors (Lipinski definition) is 1. The van der Waals surface area contributed by atoms with Crippen molar-refractivity contribution in [2.75, 3.05) is 27.2 Å². The van der Waals surface area contributed by atoms with Crippen LogP contribution in [0.5, 0.6) is 0 Å². The molecule has 1 saturated heterocycles. The van der Waals surface area contributed by atoms with Crippen molar-refractivity contribution in [2.45, 2.75) is 6.04 Å². The zero-order valence-corrected chi connectivity index (χ0v) is 15.5. The van der Waals surface area contributed by atoms with E-state index in [0.717, 1.165) is 12.1 Å². The van der Waals surface area contributed by atoms with E-state index in [2.05, 4.69) is 0 Å². The molecule has 2 aromatic carbocycles. The molecule has 0 saturated carbocycles. The Bertz CT molecular complexity index is 939. The van der Waals surface area contributed by atoms with Crippen molar-refractivity contribution in [3.63, 3.8) is 0 Å². The molecule has 1 heterocycles. The quantitative estimate of drug-likeness (QED) is 0.488. The first-order chi connectivity index (χ1) is 13.3. The predicted octanol–water partition coefficient (Wildman–Crippen LogP) is 2.95. The number of likely N-dealkylation sites (N-methyl/N-ethyl adjacent to an activating group) is 1. The zero-order valence-electron chi connectivity index (χ0n) is 15.5. The molecular weight excluding hydrogens is 366 g/mol. The number of aliphatic hydroxyl groups excluding tert-OH is 1. The maximum atomic E-state index is 14.5. The summed E-state index contributed by atoms with van der Waals surface area (Å²) in [4.78, 5) is 28.5. The standard InChI is InChI=1S/C21H20F2N2O3/c1-24(2)11-12-25-18(15-5-3-4-6-16(15)23)17(20(27)21(25)28)19(26)13-7-9-14(22)10-8-13/h3-10,18,26H,11-12H2,1-2H3/b19-17-. The lowest BCUT2D eigenvalue weighted by Gasteiger charge is -2.26. The largest absolute Gasteiger partial charge is 0.507 e. The second-order valence-electron chi connectivity index (χ2n) is 6.82. The Balaban J connectivity index is 2.16. The van der Waals surface area contributed by atoms with Gasteiger partial charge in [-0.15, -0.1) is 0 Å². The molecule has 7 heteroatoms. The molecule has 1 fully saturated rings. The van der Waals surface area contributed by atoms with Gasteiger partial charge in [0.05, 0.1) is 11.6 Å². The Labute approximate surface area is 161 Å². The third-order valence-electron chi connectivity index (χ3n) is 4.65. The van der Waals surface area contributed by atoms with Crippen LogP contribution in [0, 0.1) is 11.6 Å². The smallest absolute Gasteiger partial charge is 0.295 e. The van der Waals surface area contributed by atoms with E-state index < -0.39 is 35.1 Å². The van der Waals surface area contributed by atoms with Gasteiger partial charge in [0.15, 0.2) is 0 Å². The first-order valence-corrected chi connectivity index (χ1v) is 8.74. The van der Waals surface area contributed by atoms with Crippen LogP contribution in [0.25, 0.3) is 5.76 Å². The summed E-state index contributed by atoms with van der Waals surface area (Å²) in [5.74, 6) is -3.26. The number of likely N-dealkylation sites (tertiary alicyclic amines) is 1. The van der Waals surface area contributed by atoms with Crippen molar-refractivity contribution in [1.29, 1.82) is 0 Å². The van der Waals surface area contributed by atoms with E-state index in [4.69, 9.17) is 0 Å². The molecule has 0 spiro atoms. The minimum atomic E-state index is -1.06. The summed E-state index contributed by atoms with van der Waals surface area (Å²) < 4.78 is 27.8. The number of carbonyl (C=O) groups excluding carboxylic acids is 2. The van der Waals surface area contributed by atoms with Crippen molar-refractivity contribution in [3.8, 4) is 0 Å². The maximum absolute atomic E-state index is 14.5. The molecule has 0 aromatic heterocycles. The molecular formula is C21H20F2N2O3. The highest BCUT2D eigenvalue weighted by atomic mass is 19.1. The van der Waals surface area contributed by atoms with E-state index in [-0.39, 0.29) is 23.2 Å². The normalized spacial score (nSPS) is 18.9. The van der Waals surface area contributed by atoms with Gasteiger partial charge in [0.25, 0.3) is 11.7 Å². The van der Waals surface area contributed by atoms with Crippen molar-refractivity contribution < 1.29 is 23.5 Å². The first kappa shape index (κ1) is 19.7. The lowest BCUT2D eigenvalue weighted by Crippen LogP contribution is -2.35. The molecule has 28 heavy (non-hydrogen) atoms. The van der Waals surface area contributed by atoms with Crippen molar-refractivity contribution in [2.24, 2.45) is 0 Å². The van der Waals surface area contributed by atoms with Crippen LogP contribution in [-0.4, -0.2) is 53.8 Å². The van der Waals surface area contributed by atoms with Gasteiger partial charge in [-0.25, -0.2) is 8.78 Å². The Hall–Kier alpha value is -3.06. The fourth-order valence-corrected chi connectivity index (χ4v) is 3.20. The van der Waals surface area contributed by atoms with Gasteiger partial charge in [0, 0.05) is 24.2 Å². The Morgan fingerprint density at radius 1 is 1.07 bits per heavy atom. The van der Waals surface area contributed by atoms with Crippen LogP contribution in [0.1, 0.15) is 17.2 Å². The molecule has 1 unspecified atom stereocenters. The van der Waals surface area contributed by atoms with E-state index in [1.165, 1.54) is 35.2 Å². The molecule has 2 aromatic rings.